The van der Waals surface area contributed by atoms with Crippen molar-refractivity contribution < 1.29 is 80.2 Å². The fourth-order valence-electron chi connectivity index (χ4n) is 8.99. The topological polar surface area (TPSA) is 237 Å². The summed E-state index contributed by atoms with van der Waals surface area (Å²) in [6.45, 7) is 4.45. The number of phosphoric acid groups is 2. The third kappa shape index (κ3) is 66.1. The van der Waals surface area contributed by atoms with E-state index < -0.39 is 97.5 Å². The SMILES string of the molecule is CC/C=C\C/C=C\C/C=C\C/C=C\C/C=C\CCCC(=O)OCC(COP(=O)(O)OCC(O)COP(=O)(O)OCC(COC(=O)CCCCCCC/C=C\CCCC)OC(=O)CCCCCCCCCCCCC)OC(=O)CCCC/C=C\C/C=C\C/C=C\C/C=C\CC. The van der Waals surface area contributed by atoms with E-state index in [2.05, 4.69) is 137 Å². The minimum absolute atomic E-state index is 0.0278. The molecule has 538 valence electrons. The lowest BCUT2D eigenvalue weighted by molar-refractivity contribution is -0.161. The minimum Gasteiger partial charge on any atom is -0.462 e. The van der Waals surface area contributed by atoms with Crippen LogP contribution in [0.2, 0.25) is 0 Å². The van der Waals surface area contributed by atoms with Gasteiger partial charge in [0.25, 0.3) is 0 Å². The Hall–Kier alpha value is -4.54. The van der Waals surface area contributed by atoms with E-state index in [0.717, 1.165) is 128 Å². The van der Waals surface area contributed by atoms with Gasteiger partial charge in [-0.2, -0.15) is 0 Å². The molecule has 0 aromatic heterocycles. The lowest BCUT2D eigenvalue weighted by Crippen LogP contribution is -2.30. The number of phosphoric ester groups is 2. The zero-order valence-corrected chi connectivity index (χ0v) is 60.1. The average molecular weight is 1360 g/mol. The van der Waals surface area contributed by atoms with Crippen molar-refractivity contribution in [3.8, 4) is 0 Å². The maximum absolute atomic E-state index is 13.0. The summed E-state index contributed by atoms with van der Waals surface area (Å²) in [6.07, 6.45) is 70.9. The molecule has 17 nitrogen and oxygen atoms in total. The standard InChI is InChI=1S/C75H126O17P2/c1-5-9-13-17-21-25-29-31-33-34-36-37-41-44-48-52-56-60-73(78)86-66-71(92-75(80)62-58-54-50-46-42-38-35-32-30-26-22-18-14-10-6-2)68-90-94(83,84)88-64-69(76)63-87-93(81,82)89-67-70(91-74(79)61-57-53-49-45-40-28-24-20-16-12-8-4)65-85-72(77)59-55-51-47-43-39-27-23-19-15-11-7-3/h9-10,13-14,19,21-23,25-26,31-33,35-37,42,44,46,48,69-71,76H,5-8,11-12,15-18,20,24,27-30,34,38-41,43,45,47,49-68H2,1-4H3,(H,81,82)(H,83,84)/b13-9-,14-10-,23-19-,25-21-,26-22-,33-31-,35-32-,37-36-,46-42-,48-44-. The summed E-state index contributed by atoms with van der Waals surface area (Å²) >= 11 is 0. The second kappa shape index (κ2) is 67.0. The molecule has 19 heteroatoms. The molecule has 94 heavy (non-hydrogen) atoms. The summed E-state index contributed by atoms with van der Waals surface area (Å²) in [5.41, 5.74) is 0. The molecule has 0 aromatic carbocycles. The van der Waals surface area contributed by atoms with Crippen molar-refractivity contribution in [3.63, 3.8) is 0 Å². The van der Waals surface area contributed by atoms with Crippen LogP contribution in [0.4, 0.5) is 0 Å². The normalized spacial score (nSPS) is 14.8. The van der Waals surface area contributed by atoms with Gasteiger partial charge in [0.2, 0.25) is 0 Å². The molecule has 0 heterocycles. The highest BCUT2D eigenvalue weighted by atomic mass is 31.2. The third-order valence-corrected chi connectivity index (χ3v) is 16.3. The molecule has 5 unspecified atom stereocenters. The zero-order valence-electron chi connectivity index (χ0n) is 58.3. The Bertz CT molecular complexity index is 2270. The Labute approximate surface area is 568 Å². The summed E-state index contributed by atoms with van der Waals surface area (Å²) in [4.78, 5) is 72.5. The number of hydrogen-bond acceptors (Lipinski definition) is 15. The summed E-state index contributed by atoms with van der Waals surface area (Å²) in [5.74, 6) is -2.30. The van der Waals surface area contributed by atoms with Crippen LogP contribution in [0.1, 0.15) is 272 Å². The first-order valence-corrected chi connectivity index (χ1v) is 38.8. The van der Waals surface area contributed by atoms with E-state index in [-0.39, 0.29) is 25.7 Å². The van der Waals surface area contributed by atoms with Crippen molar-refractivity contribution in [2.75, 3.05) is 39.6 Å². The summed E-state index contributed by atoms with van der Waals surface area (Å²) in [5, 5.41) is 10.6. The van der Waals surface area contributed by atoms with Gasteiger partial charge in [-0.15, -0.1) is 0 Å². The van der Waals surface area contributed by atoms with Gasteiger partial charge in [0.15, 0.2) is 12.2 Å². The first-order valence-electron chi connectivity index (χ1n) is 35.8. The second-order valence-electron chi connectivity index (χ2n) is 23.4. The van der Waals surface area contributed by atoms with Crippen LogP contribution < -0.4 is 0 Å². The Morgan fingerprint density at radius 3 is 0.957 bits per heavy atom. The van der Waals surface area contributed by atoms with E-state index in [1.165, 1.54) is 51.4 Å². The Morgan fingerprint density at radius 2 is 0.574 bits per heavy atom. The van der Waals surface area contributed by atoms with Crippen molar-refractivity contribution in [1.29, 1.82) is 0 Å². The molecule has 0 spiro atoms. The Balaban J connectivity index is 5.42. The number of carbonyl (C=O) groups is 4. The lowest BCUT2D eigenvalue weighted by Gasteiger charge is -2.21. The number of unbranched alkanes of at least 4 members (excludes halogenated alkanes) is 20. The molecule has 0 aliphatic rings. The number of aliphatic hydroxyl groups excluding tert-OH is 1. The number of esters is 4. The van der Waals surface area contributed by atoms with Crippen molar-refractivity contribution in [2.45, 2.75) is 290 Å². The molecule has 0 aliphatic carbocycles. The van der Waals surface area contributed by atoms with Gasteiger partial charge < -0.3 is 33.8 Å². The fourth-order valence-corrected chi connectivity index (χ4v) is 10.6. The maximum atomic E-state index is 13.0. The van der Waals surface area contributed by atoms with E-state index in [9.17, 15) is 43.2 Å². The average Bonchev–Trinajstić information content (AvgIpc) is 1.29. The van der Waals surface area contributed by atoms with Gasteiger partial charge in [-0.3, -0.25) is 37.3 Å². The van der Waals surface area contributed by atoms with Crippen molar-refractivity contribution in [1.82, 2.24) is 0 Å². The second-order valence-corrected chi connectivity index (χ2v) is 26.3. The van der Waals surface area contributed by atoms with Crippen LogP contribution in [-0.2, 0) is 65.4 Å². The minimum atomic E-state index is -4.99. The largest absolute Gasteiger partial charge is 0.472 e. The molecule has 0 aromatic rings. The van der Waals surface area contributed by atoms with Crippen molar-refractivity contribution >= 4 is 39.5 Å². The van der Waals surface area contributed by atoms with Gasteiger partial charge in [0.1, 0.15) is 19.3 Å². The molecule has 0 saturated heterocycles. The fraction of sp³-hybridized carbons (Fsp3) is 0.680. The molecular formula is C75H126O17P2. The molecule has 0 amide bonds. The molecule has 0 radical (unpaired) electrons. The highest BCUT2D eigenvalue weighted by Crippen LogP contribution is 2.45. The van der Waals surface area contributed by atoms with Crippen molar-refractivity contribution in [2.24, 2.45) is 0 Å². The van der Waals surface area contributed by atoms with Gasteiger partial charge in [0, 0.05) is 25.7 Å². The molecule has 0 bridgehead atoms. The smallest absolute Gasteiger partial charge is 0.462 e. The Morgan fingerprint density at radius 1 is 0.309 bits per heavy atom. The van der Waals surface area contributed by atoms with Crippen molar-refractivity contribution in [3.05, 3.63) is 122 Å². The van der Waals surface area contributed by atoms with Gasteiger partial charge in [0.05, 0.1) is 26.4 Å². The highest BCUT2D eigenvalue weighted by Gasteiger charge is 2.30. The molecule has 0 fully saturated rings. The van der Waals surface area contributed by atoms with E-state index in [1.807, 2.05) is 12.2 Å². The molecule has 5 atom stereocenters. The van der Waals surface area contributed by atoms with E-state index in [0.29, 0.717) is 38.5 Å². The number of aliphatic hydroxyl groups is 1. The number of allylic oxidation sites excluding steroid dienone is 20. The van der Waals surface area contributed by atoms with Crippen LogP contribution in [0, 0.1) is 0 Å². The number of hydrogen-bond donors (Lipinski definition) is 3. The summed E-state index contributed by atoms with van der Waals surface area (Å²) < 4.78 is 68.1. The van der Waals surface area contributed by atoms with E-state index >= 15 is 0 Å². The third-order valence-electron chi connectivity index (χ3n) is 14.4. The predicted molar refractivity (Wildman–Crippen MR) is 381 cm³/mol. The van der Waals surface area contributed by atoms with E-state index in [4.69, 9.17) is 37.0 Å². The Kier molecular flexibility index (Phi) is 63.8. The van der Waals surface area contributed by atoms with Gasteiger partial charge >= 0.3 is 39.5 Å². The zero-order chi connectivity index (χ0) is 69.0. The number of rotatable bonds is 66. The molecular weight excluding hydrogens is 1230 g/mol. The monoisotopic (exact) mass is 1360 g/mol. The molecule has 0 rings (SSSR count). The van der Waals surface area contributed by atoms with Crippen LogP contribution in [0.15, 0.2) is 122 Å². The quantitative estimate of drug-likeness (QED) is 0.0169. The lowest BCUT2D eigenvalue weighted by atomic mass is 10.1. The maximum Gasteiger partial charge on any atom is 0.472 e. The molecule has 0 saturated carbocycles. The van der Waals surface area contributed by atoms with Gasteiger partial charge in [-0.05, 0) is 122 Å². The molecule has 3 N–H and O–H groups in total. The number of carbonyl (C=O) groups excluding carboxylic acids is 4. The van der Waals surface area contributed by atoms with E-state index in [1.54, 1.807) is 0 Å². The predicted octanol–water partition coefficient (Wildman–Crippen LogP) is 20.0. The molecule has 0 aliphatic heterocycles. The van der Waals surface area contributed by atoms with Crippen LogP contribution in [0.3, 0.4) is 0 Å². The number of ether oxygens (including phenoxy) is 4. The first kappa shape index (κ1) is 89.5. The summed E-state index contributed by atoms with van der Waals surface area (Å²) in [6, 6.07) is 0. The van der Waals surface area contributed by atoms with Crippen LogP contribution in [-0.4, -0.2) is 96.7 Å². The highest BCUT2D eigenvalue weighted by molar-refractivity contribution is 7.47. The van der Waals surface area contributed by atoms with Crippen LogP contribution in [0.25, 0.3) is 0 Å². The van der Waals surface area contributed by atoms with Gasteiger partial charge in [-0.1, -0.05) is 246 Å². The first-order chi connectivity index (χ1) is 45.7. The van der Waals surface area contributed by atoms with Crippen LogP contribution >= 0.6 is 15.6 Å². The van der Waals surface area contributed by atoms with Crippen LogP contribution in [0.5, 0.6) is 0 Å². The van der Waals surface area contributed by atoms with Gasteiger partial charge in [-0.25, -0.2) is 9.13 Å². The summed E-state index contributed by atoms with van der Waals surface area (Å²) in [7, 11) is -9.97.